The highest BCUT2D eigenvalue weighted by Gasteiger charge is 2.10. The molecule has 0 aromatic heterocycles. The Morgan fingerprint density at radius 2 is 1.82 bits per heavy atom. The first kappa shape index (κ1) is 13.7. The number of halogens is 2. The average Bonchev–Trinajstić information content (AvgIpc) is 2.21. The van der Waals surface area contributed by atoms with Gasteiger partial charge < -0.3 is 16.0 Å². The minimum absolute atomic E-state index is 0.0878. The summed E-state index contributed by atoms with van der Waals surface area (Å²) >= 11 is 0. The van der Waals surface area contributed by atoms with Crippen LogP contribution in [0.5, 0.6) is 0 Å². The number of likely N-dealkylation sites (N-methyl/N-ethyl adjacent to an activating group) is 1. The molecule has 0 heterocycles. The molecule has 0 saturated carbocycles. The Labute approximate surface area is 101 Å². The van der Waals surface area contributed by atoms with Crippen LogP contribution in [0, 0.1) is 11.6 Å². The van der Waals surface area contributed by atoms with Gasteiger partial charge in [0.05, 0.1) is 0 Å². The molecule has 0 spiro atoms. The van der Waals surface area contributed by atoms with E-state index < -0.39 is 11.6 Å². The van der Waals surface area contributed by atoms with Crippen molar-refractivity contribution in [2.75, 3.05) is 31.2 Å². The molecule has 17 heavy (non-hydrogen) atoms. The largest absolute Gasteiger partial charge is 0.399 e. The van der Waals surface area contributed by atoms with Gasteiger partial charge in [0.2, 0.25) is 0 Å². The van der Waals surface area contributed by atoms with Crippen LogP contribution in [0.25, 0.3) is 0 Å². The molecule has 0 unspecified atom stereocenters. The Kier molecular flexibility index (Phi) is 4.69. The van der Waals surface area contributed by atoms with Crippen molar-refractivity contribution in [1.82, 2.24) is 4.90 Å². The van der Waals surface area contributed by atoms with Gasteiger partial charge in [0.1, 0.15) is 5.69 Å². The standard InChI is InChI=1S/C12H19F2N3/c1-8(2)17(3)5-4-16-12-10(13)6-9(15)7-11(12)14/h6-8,16H,4-5,15H2,1-3H3. The molecule has 3 nitrogen and oxygen atoms in total. The molecule has 0 aliphatic rings. The maximum atomic E-state index is 13.4. The van der Waals surface area contributed by atoms with E-state index in [4.69, 9.17) is 5.73 Å². The first-order valence-electron chi connectivity index (χ1n) is 5.60. The summed E-state index contributed by atoms with van der Waals surface area (Å²) in [5.74, 6) is -1.32. The summed E-state index contributed by atoms with van der Waals surface area (Å²) in [6.07, 6.45) is 0. The van der Waals surface area contributed by atoms with Crippen molar-refractivity contribution in [3.63, 3.8) is 0 Å². The third kappa shape index (κ3) is 3.85. The Morgan fingerprint density at radius 3 is 2.29 bits per heavy atom. The zero-order chi connectivity index (χ0) is 13.0. The maximum Gasteiger partial charge on any atom is 0.151 e. The van der Waals surface area contributed by atoms with Crippen LogP contribution in [0.15, 0.2) is 12.1 Å². The summed E-state index contributed by atoms with van der Waals surface area (Å²) in [7, 11) is 1.96. The first-order valence-corrected chi connectivity index (χ1v) is 5.60. The highest BCUT2D eigenvalue weighted by atomic mass is 19.1. The second-order valence-electron chi connectivity index (χ2n) is 4.36. The fourth-order valence-corrected chi connectivity index (χ4v) is 1.38. The highest BCUT2D eigenvalue weighted by Crippen LogP contribution is 2.21. The predicted molar refractivity (Wildman–Crippen MR) is 67.0 cm³/mol. The molecule has 3 N–H and O–H groups in total. The van der Waals surface area contributed by atoms with Crippen molar-refractivity contribution in [3.05, 3.63) is 23.8 Å². The van der Waals surface area contributed by atoms with Crippen LogP contribution >= 0.6 is 0 Å². The smallest absolute Gasteiger partial charge is 0.151 e. The topological polar surface area (TPSA) is 41.3 Å². The molecule has 0 aliphatic heterocycles. The zero-order valence-corrected chi connectivity index (χ0v) is 10.4. The lowest BCUT2D eigenvalue weighted by atomic mass is 10.2. The molecule has 0 fully saturated rings. The van der Waals surface area contributed by atoms with Crippen LogP contribution in [0.2, 0.25) is 0 Å². The number of nitrogens with zero attached hydrogens (tertiary/aromatic N) is 1. The number of hydrogen-bond donors (Lipinski definition) is 2. The number of nitrogen functional groups attached to an aromatic ring is 1. The second-order valence-corrected chi connectivity index (χ2v) is 4.36. The maximum absolute atomic E-state index is 13.4. The quantitative estimate of drug-likeness (QED) is 0.780. The fourth-order valence-electron chi connectivity index (χ4n) is 1.38. The lowest BCUT2D eigenvalue weighted by molar-refractivity contribution is 0.284. The van der Waals surface area contributed by atoms with E-state index in [0.717, 1.165) is 12.1 Å². The van der Waals surface area contributed by atoms with Crippen molar-refractivity contribution in [2.24, 2.45) is 0 Å². The van der Waals surface area contributed by atoms with Gasteiger partial charge in [-0.2, -0.15) is 0 Å². The molecular formula is C12H19F2N3. The van der Waals surface area contributed by atoms with E-state index in [9.17, 15) is 8.78 Å². The van der Waals surface area contributed by atoms with Gasteiger partial charge in [-0.05, 0) is 33.0 Å². The molecule has 1 aromatic carbocycles. The van der Waals surface area contributed by atoms with E-state index in [1.165, 1.54) is 0 Å². The van der Waals surface area contributed by atoms with E-state index in [1.807, 2.05) is 7.05 Å². The van der Waals surface area contributed by atoms with Gasteiger partial charge in [-0.15, -0.1) is 0 Å². The SMILES string of the molecule is CC(C)N(C)CCNc1c(F)cc(N)cc1F. The minimum Gasteiger partial charge on any atom is -0.399 e. The monoisotopic (exact) mass is 243 g/mol. The third-order valence-corrected chi connectivity index (χ3v) is 2.71. The van der Waals surface area contributed by atoms with Gasteiger partial charge in [0.15, 0.2) is 11.6 Å². The van der Waals surface area contributed by atoms with Crippen molar-refractivity contribution in [2.45, 2.75) is 19.9 Å². The number of hydrogen-bond acceptors (Lipinski definition) is 3. The Hall–Kier alpha value is -1.36. The van der Waals surface area contributed by atoms with Crippen LogP contribution in [0.3, 0.4) is 0 Å². The predicted octanol–water partition coefficient (Wildman–Crippen LogP) is 2.30. The van der Waals surface area contributed by atoms with Crippen molar-refractivity contribution in [1.29, 1.82) is 0 Å². The summed E-state index contributed by atoms with van der Waals surface area (Å²) in [5.41, 5.74) is 5.30. The second kappa shape index (κ2) is 5.82. The fraction of sp³-hybridized carbons (Fsp3) is 0.500. The van der Waals surface area contributed by atoms with Gasteiger partial charge >= 0.3 is 0 Å². The van der Waals surface area contributed by atoms with Crippen molar-refractivity contribution >= 4 is 11.4 Å². The van der Waals surface area contributed by atoms with Crippen LogP contribution in [-0.4, -0.2) is 31.1 Å². The number of nitrogens with one attached hydrogen (secondary N) is 1. The lowest BCUT2D eigenvalue weighted by Crippen LogP contribution is -2.31. The summed E-state index contributed by atoms with van der Waals surface area (Å²) in [6.45, 7) is 5.31. The molecule has 1 aromatic rings. The molecule has 0 saturated heterocycles. The van der Waals surface area contributed by atoms with Crippen molar-refractivity contribution in [3.8, 4) is 0 Å². The molecule has 96 valence electrons. The highest BCUT2D eigenvalue weighted by molar-refractivity contribution is 5.53. The Bertz CT molecular complexity index is 357. The number of rotatable bonds is 5. The van der Waals surface area contributed by atoms with Gasteiger partial charge in [-0.25, -0.2) is 8.78 Å². The van der Waals surface area contributed by atoms with Crippen molar-refractivity contribution < 1.29 is 8.78 Å². The zero-order valence-electron chi connectivity index (χ0n) is 10.4. The number of nitrogens with two attached hydrogens (primary N) is 1. The summed E-state index contributed by atoms with van der Waals surface area (Å²) in [4.78, 5) is 2.08. The van der Waals surface area contributed by atoms with Gasteiger partial charge in [-0.3, -0.25) is 0 Å². The number of anilines is 2. The molecule has 0 radical (unpaired) electrons. The van der Waals surface area contributed by atoms with Crippen LogP contribution in [0.1, 0.15) is 13.8 Å². The molecule has 0 amide bonds. The van der Waals surface area contributed by atoms with E-state index >= 15 is 0 Å². The van der Waals surface area contributed by atoms with Crippen LogP contribution < -0.4 is 11.1 Å². The average molecular weight is 243 g/mol. The molecule has 0 atom stereocenters. The molecule has 0 aliphatic carbocycles. The Morgan fingerprint density at radius 1 is 1.29 bits per heavy atom. The van der Waals surface area contributed by atoms with Gasteiger partial charge in [0.25, 0.3) is 0 Å². The van der Waals surface area contributed by atoms with Crippen LogP contribution in [0.4, 0.5) is 20.2 Å². The summed E-state index contributed by atoms with van der Waals surface area (Å²) in [5, 5.41) is 2.75. The minimum atomic E-state index is -0.658. The summed E-state index contributed by atoms with van der Waals surface area (Å²) < 4.78 is 26.8. The first-order chi connectivity index (χ1) is 7.91. The third-order valence-electron chi connectivity index (χ3n) is 2.71. The summed E-state index contributed by atoms with van der Waals surface area (Å²) in [6, 6.07) is 2.62. The number of benzene rings is 1. The molecule has 1 rings (SSSR count). The Balaban J connectivity index is 2.58. The molecule has 5 heteroatoms. The molecular weight excluding hydrogens is 224 g/mol. The van der Waals surface area contributed by atoms with E-state index in [-0.39, 0.29) is 11.4 Å². The van der Waals surface area contributed by atoms with E-state index in [2.05, 4.69) is 24.1 Å². The lowest BCUT2D eigenvalue weighted by Gasteiger charge is -2.21. The van der Waals surface area contributed by atoms with Gasteiger partial charge in [-0.1, -0.05) is 0 Å². The van der Waals surface area contributed by atoms with Gasteiger partial charge in [0, 0.05) is 24.8 Å². The van der Waals surface area contributed by atoms with Crippen LogP contribution in [-0.2, 0) is 0 Å². The molecule has 0 bridgehead atoms. The van der Waals surface area contributed by atoms with E-state index in [1.54, 1.807) is 0 Å². The van der Waals surface area contributed by atoms with E-state index in [0.29, 0.717) is 19.1 Å². The normalized spacial score (nSPS) is 11.2.